The van der Waals surface area contributed by atoms with Crippen molar-refractivity contribution in [2.45, 2.75) is 33.3 Å². The Bertz CT molecular complexity index is 326. The fourth-order valence-electron chi connectivity index (χ4n) is 2.28. The normalized spacial score (nSPS) is 26.9. The molecule has 1 aliphatic carbocycles. The number of aliphatic hydroxyl groups excluding tert-OH is 2. The summed E-state index contributed by atoms with van der Waals surface area (Å²) in [6.45, 7) is 5.74. The molecule has 0 aromatic heterocycles. The van der Waals surface area contributed by atoms with Crippen LogP contribution in [0.5, 0.6) is 0 Å². The van der Waals surface area contributed by atoms with Crippen LogP contribution in [0.2, 0.25) is 0 Å². The molecular weight excluding hydrogens is 204 g/mol. The third kappa shape index (κ3) is 3.03. The van der Waals surface area contributed by atoms with Crippen LogP contribution in [0.3, 0.4) is 0 Å². The lowest BCUT2D eigenvalue weighted by molar-refractivity contribution is -0.117. The highest BCUT2D eigenvalue weighted by atomic mass is 16.3. The highest BCUT2D eigenvalue weighted by molar-refractivity contribution is 5.92. The van der Waals surface area contributed by atoms with Crippen LogP contribution in [0.15, 0.2) is 23.8 Å². The Hall–Kier alpha value is -0.930. The molecule has 2 N–H and O–H groups in total. The highest BCUT2D eigenvalue weighted by Gasteiger charge is 2.34. The summed E-state index contributed by atoms with van der Waals surface area (Å²) in [5, 5.41) is 18.0. The van der Waals surface area contributed by atoms with Gasteiger partial charge in [0.1, 0.15) is 0 Å². The molecule has 0 aliphatic heterocycles. The molecule has 0 saturated carbocycles. The predicted molar refractivity (Wildman–Crippen MR) is 62.9 cm³/mol. The smallest absolute Gasteiger partial charge is 0.156 e. The molecule has 0 aromatic rings. The molecule has 0 aromatic carbocycles. The third-order valence-electron chi connectivity index (χ3n) is 3.06. The van der Waals surface area contributed by atoms with Crippen LogP contribution in [-0.4, -0.2) is 28.7 Å². The molecule has 0 fully saturated rings. The number of hydrogen-bond donors (Lipinski definition) is 2. The lowest BCUT2D eigenvalue weighted by atomic mass is 9.68. The summed E-state index contributed by atoms with van der Waals surface area (Å²) >= 11 is 0. The van der Waals surface area contributed by atoms with Crippen molar-refractivity contribution in [3.63, 3.8) is 0 Å². The first-order valence-electron chi connectivity index (χ1n) is 5.55. The van der Waals surface area contributed by atoms with E-state index in [4.69, 9.17) is 5.11 Å². The Balaban J connectivity index is 2.88. The molecule has 0 spiro atoms. The van der Waals surface area contributed by atoms with Crippen molar-refractivity contribution >= 4 is 5.78 Å². The van der Waals surface area contributed by atoms with E-state index < -0.39 is 6.10 Å². The van der Waals surface area contributed by atoms with Gasteiger partial charge in [-0.05, 0) is 18.4 Å². The van der Waals surface area contributed by atoms with Crippen LogP contribution in [0.1, 0.15) is 27.2 Å². The van der Waals surface area contributed by atoms with Crippen molar-refractivity contribution in [1.29, 1.82) is 0 Å². The van der Waals surface area contributed by atoms with Crippen molar-refractivity contribution in [3.8, 4) is 0 Å². The van der Waals surface area contributed by atoms with Crippen LogP contribution < -0.4 is 0 Å². The molecule has 1 rings (SSSR count). The third-order valence-corrected chi connectivity index (χ3v) is 3.06. The average Bonchev–Trinajstić information content (AvgIpc) is 2.14. The molecule has 90 valence electrons. The minimum absolute atomic E-state index is 0.123. The second-order valence-corrected chi connectivity index (χ2v) is 5.13. The van der Waals surface area contributed by atoms with E-state index >= 15 is 0 Å². The molecule has 2 atom stereocenters. The molecular formula is C13H20O3. The minimum Gasteiger partial charge on any atom is -0.393 e. The highest BCUT2D eigenvalue weighted by Crippen LogP contribution is 2.40. The number of rotatable bonds is 3. The van der Waals surface area contributed by atoms with Crippen molar-refractivity contribution in [2.24, 2.45) is 11.3 Å². The quantitative estimate of drug-likeness (QED) is 0.713. The number of allylic oxidation sites excluding steroid dienone is 3. The zero-order chi connectivity index (χ0) is 12.3. The van der Waals surface area contributed by atoms with Crippen molar-refractivity contribution < 1.29 is 15.0 Å². The van der Waals surface area contributed by atoms with Crippen LogP contribution in [-0.2, 0) is 4.79 Å². The molecule has 0 amide bonds. The second-order valence-electron chi connectivity index (χ2n) is 5.13. The van der Waals surface area contributed by atoms with Gasteiger partial charge in [-0.3, -0.25) is 4.79 Å². The lowest BCUT2D eigenvalue weighted by Crippen LogP contribution is -2.30. The first-order chi connectivity index (χ1) is 7.36. The molecule has 0 heterocycles. The summed E-state index contributed by atoms with van der Waals surface area (Å²) in [5.74, 6) is 0.307. The second kappa shape index (κ2) is 4.93. The van der Waals surface area contributed by atoms with Gasteiger partial charge < -0.3 is 10.2 Å². The molecule has 16 heavy (non-hydrogen) atoms. The van der Waals surface area contributed by atoms with Gasteiger partial charge >= 0.3 is 0 Å². The van der Waals surface area contributed by atoms with E-state index in [2.05, 4.69) is 0 Å². The van der Waals surface area contributed by atoms with E-state index in [1.807, 2.05) is 26.8 Å². The molecule has 3 heteroatoms. The summed E-state index contributed by atoms with van der Waals surface area (Å²) in [6.07, 6.45) is 4.86. The molecule has 3 nitrogen and oxygen atoms in total. The SMILES string of the molecule is CC1=CC(=O)CC(C)(C)[C@H]1/C=C/[C@H](O)CO. The van der Waals surface area contributed by atoms with Crippen LogP contribution in [0, 0.1) is 11.3 Å². The van der Waals surface area contributed by atoms with Gasteiger partial charge in [-0.1, -0.05) is 31.6 Å². The van der Waals surface area contributed by atoms with Gasteiger partial charge in [0.05, 0.1) is 12.7 Å². The first kappa shape index (κ1) is 13.1. The van der Waals surface area contributed by atoms with E-state index in [0.29, 0.717) is 6.42 Å². The van der Waals surface area contributed by atoms with Gasteiger partial charge in [-0.25, -0.2) is 0 Å². The van der Waals surface area contributed by atoms with E-state index in [0.717, 1.165) is 5.57 Å². The lowest BCUT2D eigenvalue weighted by Gasteiger charge is -2.35. The largest absolute Gasteiger partial charge is 0.393 e. The Morgan fingerprint density at radius 1 is 1.62 bits per heavy atom. The molecule has 0 unspecified atom stereocenters. The molecule has 0 saturated heterocycles. The number of carbonyl (C=O) groups is 1. The van der Waals surface area contributed by atoms with Gasteiger partial charge in [0, 0.05) is 12.3 Å². The maximum Gasteiger partial charge on any atom is 0.156 e. The Labute approximate surface area is 96.5 Å². The summed E-state index contributed by atoms with van der Waals surface area (Å²) < 4.78 is 0. The summed E-state index contributed by atoms with van der Waals surface area (Å²) in [5.41, 5.74) is 0.893. The maximum atomic E-state index is 11.4. The van der Waals surface area contributed by atoms with Gasteiger partial charge in [0.25, 0.3) is 0 Å². The van der Waals surface area contributed by atoms with E-state index in [9.17, 15) is 9.90 Å². The van der Waals surface area contributed by atoms with Gasteiger partial charge in [-0.15, -0.1) is 0 Å². The fourth-order valence-corrected chi connectivity index (χ4v) is 2.28. The van der Waals surface area contributed by atoms with Gasteiger partial charge in [-0.2, -0.15) is 0 Å². The van der Waals surface area contributed by atoms with Gasteiger partial charge in [0.15, 0.2) is 5.78 Å². The summed E-state index contributed by atoms with van der Waals surface area (Å²) in [4.78, 5) is 11.4. The van der Waals surface area contributed by atoms with E-state index in [-0.39, 0.29) is 23.7 Å². The van der Waals surface area contributed by atoms with Crippen molar-refractivity contribution in [2.75, 3.05) is 6.61 Å². The topological polar surface area (TPSA) is 57.5 Å². The summed E-state index contributed by atoms with van der Waals surface area (Å²) in [7, 11) is 0. The summed E-state index contributed by atoms with van der Waals surface area (Å²) in [6, 6.07) is 0. The number of ketones is 1. The molecule has 1 aliphatic rings. The fraction of sp³-hybridized carbons (Fsp3) is 0.615. The first-order valence-corrected chi connectivity index (χ1v) is 5.55. The van der Waals surface area contributed by atoms with Crippen LogP contribution >= 0.6 is 0 Å². The number of aliphatic hydroxyl groups is 2. The standard InChI is InChI=1S/C13H20O3/c1-9-6-11(16)7-13(2,3)12(9)5-4-10(15)8-14/h4-6,10,12,14-15H,7-8H2,1-3H3/b5-4+/t10-,12-/m0/s1. The zero-order valence-corrected chi connectivity index (χ0v) is 10.1. The van der Waals surface area contributed by atoms with Crippen LogP contribution in [0.4, 0.5) is 0 Å². The molecule has 0 radical (unpaired) electrons. The maximum absolute atomic E-state index is 11.4. The molecule has 0 bridgehead atoms. The number of hydrogen-bond acceptors (Lipinski definition) is 3. The monoisotopic (exact) mass is 224 g/mol. The van der Waals surface area contributed by atoms with E-state index in [1.54, 1.807) is 12.2 Å². The Morgan fingerprint density at radius 3 is 2.75 bits per heavy atom. The van der Waals surface area contributed by atoms with Gasteiger partial charge in [0.2, 0.25) is 0 Å². The van der Waals surface area contributed by atoms with Crippen LogP contribution in [0.25, 0.3) is 0 Å². The van der Waals surface area contributed by atoms with E-state index in [1.165, 1.54) is 0 Å². The number of carbonyl (C=O) groups excluding carboxylic acids is 1. The Morgan fingerprint density at radius 2 is 2.25 bits per heavy atom. The van der Waals surface area contributed by atoms with Crippen molar-refractivity contribution in [3.05, 3.63) is 23.8 Å². The Kier molecular flexibility index (Phi) is 4.05. The zero-order valence-electron chi connectivity index (χ0n) is 10.1. The average molecular weight is 224 g/mol. The predicted octanol–water partition coefficient (Wildman–Crippen LogP) is 1.46. The van der Waals surface area contributed by atoms with Crippen molar-refractivity contribution in [1.82, 2.24) is 0 Å². The minimum atomic E-state index is -0.818.